The van der Waals surface area contributed by atoms with Gasteiger partial charge < -0.3 is 9.88 Å². The van der Waals surface area contributed by atoms with E-state index in [4.69, 9.17) is 0 Å². The van der Waals surface area contributed by atoms with Gasteiger partial charge in [-0.25, -0.2) is 0 Å². The molecule has 0 aliphatic heterocycles. The molecule has 0 saturated heterocycles. The molecule has 110 valence electrons. The molecule has 0 bridgehead atoms. The number of anilines is 1. The predicted octanol–water partition coefficient (Wildman–Crippen LogP) is 4.10. The Morgan fingerprint density at radius 2 is 1.68 bits per heavy atom. The highest BCUT2D eigenvalue weighted by Crippen LogP contribution is 2.15. The number of carbonyl (C=O) groups is 1. The zero-order valence-electron chi connectivity index (χ0n) is 12.5. The summed E-state index contributed by atoms with van der Waals surface area (Å²) < 4.78 is 1.96. The Balaban J connectivity index is 1.79. The minimum absolute atomic E-state index is 0.0877. The van der Waals surface area contributed by atoms with Gasteiger partial charge in [-0.15, -0.1) is 0 Å². The van der Waals surface area contributed by atoms with E-state index in [1.54, 1.807) is 0 Å². The zero-order valence-corrected chi connectivity index (χ0v) is 12.5. The molecule has 3 heteroatoms. The highest BCUT2D eigenvalue weighted by atomic mass is 16.1. The van der Waals surface area contributed by atoms with Crippen LogP contribution in [0.25, 0.3) is 0 Å². The zero-order chi connectivity index (χ0) is 15.4. The van der Waals surface area contributed by atoms with Crippen molar-refractivity contribution in [2.45, 2.75) is 13.5 Å². The van der Waals surface area contributed by atoms with Gasteiger partial charge in [0.15, 0.2) is 0 Å². The molecule has 2 aromatic carbocycles. The van der Waals surface area contributed by atoms with Crippen molar-refractivity contribution in [3.8, 4) is 0 Å². The molecule has 0 atom stereocenters. The molecule has 1 amide bonds. The summed E-state index contributed by atoms with van der Waals surface area (Å²) in [6.07, 6.45) is 1.93. The third-order valence-electron chi connectivity index (χ3n) is 3.65. The molecular formula is C19H18N2O. The van der Waals surface area contributed by atoms with Gasteiger partial charge in [0.25, 0.3) is 5.91 Å². The molecule has 0 aliphatic rings. The second-order valence-electron chi connectivity index (χ2n) is 5.28. The lowest BCUT2D eigenvalue weighted by Crippen LogP contribution is -2.17. The lowest BCUT2D eigenvalue weighted by molar-refractivity contribution is 0.101. The number of para-hydroxylation sites is 1. The smallest absolute Gasteiger partial charge is 0.272 e. The quantitative estimate of drug-likeness (QED) is 0.771. The maximum Gasteiger partial charge on any atom is 0.272 e. The average Bonchev–Trinajstić information content (AvgIpc) is 2.99. The van der Waals surface area contributed by atoms with Crippen molar-refractivity contribution in [3.05, 3.63) is 89.7 Å². The molecule has 0 radical (unpaired) electrons. The second kappa shape index (κ2) is 6.31. The Morgan fingerprint density at radius 3 is 2.45 bits per heavy atom. The van der Waals surface area contributed by atoms with Crippen molar-refractivity contribution < 1.29 is 4.79 Å². The van der Waals surface area contributed by atoms with E-state index >= 15 is 0 Å². The van der Waals surface area contributed by atoms with Gasteiger partial charge in [-0.3, -0.25) is 4.79 Å². The van der Waals surface area contributed by atoms with Crippen LogP contribution in [0.1, 0.15) is 21.6 Å². The van der Waals surface area contributed by atoms with Crippen LogP contribution in [0.2, 0.25) is 0 Å². The summed E-state index contributed by atoms with van der Waals surface area (Å²) in [5, 5.41) is 2.98. The molecular weight excluding hydrogens is 272 g/mol. The van der Waals surface area contributed by atoms with Crippen LogP contribution >= 0.6 is 0 Å². The van der Waals surface area contributed by atoms with Crippen LogP contribution in [-0.2, 0) is 6.54 Å². The van der Waals surface area contributed by atoms with E-state index in [0.29, 0.717) is 12.2 Å². The van der Waals surface area contributed by atoms with E-state index in [1.165, 1.54) is 5.56 Å². The van der Waals surface area contributed by atoms with Crippen LogP contribution in [0.4, 0.5) is 5.69 Å². The molecule has 0 fully saturated rings. The summed E-state index contributed by atoms with van der Waals surface area (Å²) >= 11 is 0. The fourth-order valence-corrected chi connectivity index (χ4v) is 2.44. The van der Waals surface area contributed by atoms with Crippen LogP contribution in [0.3, 0.4) is 0 Å². The molecule has 1 N–H and O–H groups in total. The number of nitrogens with zero attached hydrogens (tertiary/aromatic N) is 1. The second-order valence-corrected chi connectivity index (χ2v) is 5.28. The number of aromatic nitrogens is 1. The summed E-state index contributed by atoms with van der Waals surface area (Å²) in [5.74, 6) is -0.0877. The lowest BCUT2D eigenvalue weighted by atomic mass is 10.2. The van der Waals surface area contributed by atoms with Crippen LogP contribution in [0.5, 0.6) is 0 Å². The molecule has 1 aromatic heterocycles. The molecule has 0 saturated carbocycles. The number of hydrogen-bond donors (Lipinski definition) is 1. The summed E-state index contributed by atoms with van der Waals surface area (Å²) in [5.41, 5.74) is 3.73. The monoisotopic (exact) mass is 290 g/mol. The van der Waals surface area contributed by atoms with Crippen molar-refractivity contribution in [2.75, 3.05) is 5.32 Å². The van der Waals surface area contributed by atoms with Gasteiger partial charge >= 0.3 is 0 Å². The van der Waals surface area contributed by atoms with Crippen molar-refractivity contribution in [1.29, 1.82) is 0 Å². The number of benzene rings is 2. The van der Waals surface area contributed by atoms with E-state index in [0.717, 1.165) is 11.3 Å². The number of aryl methyl sites for hydroxylation is 1. The standard InChI is InChI=1S/C19H18N2O/c1-15-8-5-6-11-17(15)20-19(22)18-12-7-13-21(18)14-16-9-3-2-4-10-16/h2-13H,14H2,1H3,(H,20,22). The van der Waals surface area contributed by atoms with E-state index in [9.17, 15) is 4.79 Å². The van der Waals surface area contributed by atoms with E-state index in [1.807, 2.05) is 72.3 Å². The third-order valence-corrected chi connectivity index (χ3v) is 3.65. The minimum atomic E-state index is -0.0877. The highest BCUT2D eigenvalue weighted by Gasteiger charge is 2.12. The molecule has 1 heterocycles. The van der Waals surface area contributed by atoms with E-state index < -0.39 is 0 Å². The maximum absolute atomic E-state index is 12.5. The topological polar surface area (TPSA) is 34.0 Å². The van der Waals surface area contributed by atoms with Crippen molar-refractivity contribution in [3.63, 3.8) is 0 Å². The van der Waals surface area contributed by atoms with E-state index in [-0.39, 0.29) is 5.91 Å². The van der Waals surface area contributed by atoms with Crippen molar-refractivity contribution in [1.82, 2.24) is 4.57 Å². The molecule has 0 spiro atoms. The summed E-state index contributed by atoms with van der Waals surface area (Å²) in [7, 11) is 0. The first-order valence-corrected chi connectivity index (χ1v) is 7.30. The van der Waals surface area contributed by atoms with Gasteiger partial charge in [-0.1, -0.05) is 48.5 Å². The molecule has 3 nitrogen and oxygen atoms in total. The Morgan fingerprint density at radius 1 is 0.955 bits per heavy atom. The van der Waals surface area contributed by atoms with Gasteiger partial charge in [0.2, 0.25) is 0 Å². The first kappa shape index (κ1) is 14.1. The highest BCUT2D eigenvalue weighted by molar-refractivity contribution is 6.03. The normalized spacial score (nSPS) is 10.4. The number of rotatable bonds is 4. The molecule has 0 aliphatic carbocycles. The molecule has 22 heavy (non-hydrogen) atoms. The summed E-state index contributed by atoms with van der Waals surface area (Å²) in [4.78, 5) is 12.5. The Labute approximate surface area is 130 Å². The Kier molecular flexibility index (Phi) is 4.05. The van der Waals surface area contributed by atoms with Gasteiger partial charge in [-0.05, 0) is 36.2 Å². The fourth-order valence-electron chi connectivity index (χ4n) is 2.44. The van der Waals surface area contributed by atoms with Crippen LogP contribution in [-0.4, -0.2) is 10.5 Å². The maximum atomic E-state index is 12.5. The summed E-state index contributed by atoms with van der Waals surface area (Å²) in [6, 6.07) is 21.6. The SMILES string of the molecule is Cc1ccccc1NC(=O)c1cccn1Cc1ccccc1. The lowest BCUT2D eigenvalue weighted by Gasteiger charge is -2.11. The predicted molar refractivity (Wildman–Crippen MR) is 89.1 cm³/mol. The number of hydrogen-bond acceptors (Lipinski definition) is 1. The van der Waals surface area contributed by atoms with Gasteiger partial charge in [0.1, 0.15) is 5.69 Å². The first-order chi connectivity index (χ1) is 10.7. The van der Waals surface area contributed by atoms with Gasteiger partial charge in [0.05, 0.1) is 0 Å². The Hall–Kier alpha value is -2.81. The fraction of sp³-hybridized carbons (Fsp3) is 0.105. The van der Waals surface area contributed by atoms with Crippen molar-refractivity contribution in [2.24, 2.45) is 0 Å². The number of nitrogens with one attached hydrogen (secondary N) is 1. The summed E-state index contributed by atoms with van der Waals surface area (Å²) in [6.45, 7) is 2.67. The van der Waals surface area contributed by atoms with Crippen LogP contribution < -0.4 is 5.32 Å². The molecule has 0 unspecified atom stereocenters. The van der Waals surface area contributed by atoms with Crippen LogP contribution in [0.15, 0.2) is 72.9 Å². The van der Waals surface area contributed by atoms with Gasteiger partial charge in [-0.2, -0.15) is 0 Å². The van der Waals surface area contributed by atoms with Crippen molar-refractivity contribution >= 4 is 11.6 Å². The number of amides is 1. The van der Waals surface area contributed by atoms with Gasteiger partial charge in [0, 0.05) is 18.4 Å². The largest absolute Gasteiger partial charge is 0.339 e. The van der Waals surface area contributed by atoms with Crippen LogP contribution in [0, 0.1) is 6.92 Å². The first-order valence-electron chi connectivity index (χ1n) is 7.30. The molecule has 3 aromatic rings. The number of carbonyl (C=O) groups excluding carboxylic acids is 1. The minimum Gasteiger partial charge on any atom is -0.339 e. The third kappa shape index (κ3) is 3.09. The average molecular weight is 290 g/mol. The Bertz CT molecular complexity index is 775. The molecule has 3 rings (SSSR count). The van der Waals surface area contributed by atoms with E-state index in [2.05, 4.69) is 17.4 Å².